The van der Waals surface area contributed by atoms with Gasteiger partial charge in [-0.05, 0) is 12.8 Å². The first-order valence-corrected chi connectivity index (χ1v) is 5.02. The first kappa shape index (κ1) is 11.2. The largest absolute Gasteiger partial charge is 0.302 e. The third kappa shape index (κ3) is 2.82. The second-order valence-electron chi connectivity index (χ2n) is 3.62. The molecule has 1 N–H and O–H groups in total. The van der Waals surface area contributed by atoms with Gasteiger partial charge < -0.3 is 4.84 Å². The molecule has 1 aromatic rings. The number of rotatable bonds is 5. The first-order chi connectivity index (χ1) is 6.65. The van der Waals surface area contributed by atoms with Crippen LogP contribution in [0.4, 0.5) is 0 Å². The van der Waals surface area contributed by atoms with Gasteiger partial charge in [0.05, 0.1) is 12.3 Å². The van der Waals surface area contributed by atoms with Gasteiger partial charge in [-0.1, -0.05) is 13.8 Å². The summed E-state index contributed by atoms with van der Waals surface area (Å²) >= 11 is 0. The Bertz CT molecular complexity index is 281. The monoisotopic (exact) mass is 197 g/mol. The van der Waals surface area contributed by atoms with E-state index in [0.29, 0.717) is 12.5 Å². The summed E-state index contributed by atoms with van der Waals surface area (Å²) in [7, 11) is 1.94. The second kappa shape index (κ2) is 5.12. The molecule has 0 aromatic carbocycles. The van der Waals surface area contributed by atoms with E-state index in [1.807, 2.05) is 24.9 Å². The van der Waals surface area contributed by atoms with Crippen LogP contribution in [0.15, 0.2) is 6.20 Å². The van der Waals surface area contributed by atoms with Crippen molar-refractivity contribution in [2.45, 2.75) is 33.2 Å². The van der Waals surface area contributed by atoms with Crippen LogP contribution in [0.5, 0.6) is 0 Å². The van der Waals surface area contributed by atoms with Gasteiger partial charge in [-0.2, -0.15) is 10.6 Å². The predicted molar refractivity (Wildman–Crippen MR) is 55.8 cm³/mol. The van der Waals surface area contributed by atoms with Crippen molar-refractivity contribution in [2.24, 2.45) is 7.05 Å². The minimum atomic E-state index is 0.453. The summed E-state index contributed by atoms with van der Waals surface area (Å²) in [6.45, 7) is 7.64. The molecule has 1 heterocycles. The van der Waals surface area contributed by atoms with Crippen molar-refractivity contribution in [3.8, 4) is 0 Å². The highest BCUT2D eigenvalue weighted by Crippen LogP contribution is 2.16. The summed E-state index contributed by atoms with van der Waals surface area (Å²) < 4.78 is 1.85. The van der Waals surface area contributed by atoms with Gasteiger partial charge in [0.15, 0.2) is 0 Å². The molecule has 0 unspecified atom stereocenters. The Hall–Kier alpha value is -0.870. The summed E-state index contributed by atoms with van der Waals surface area (Å²) in [6.07, 6.45) is 2.03. The van der Waals surface area contributed by atoms with Gasteiger partial charge in [0.1, 0.15) is 0 Å². The molecule has 0 atom stereocenters. The summed E-state index contributed by atoms with van der Waals surface area (Å²) in [5.41, 5.74) is 5.25. The van der Waals surface area contributed by atoms with Gasteiger partial charge in [-0.3, -0.25) is 4.68 Å². The molecular formula is C10H19N3O. The SMILES string of the molecule is CCONCc1cn(C)nc1C(C)C. The number of nitrogens with one attached hydrogen (secondary N) is 1. The Morgan fingerprint density at radius 3 is 2.86 bits per heavy atom. The molecule has 1 aromatic heterocycles. The van der Waals surface area contributed by atoms with E-state index < -0.39 is 0 Å². The highest BCUT2D eigenvalue weighted by molar-refractivity contribution is 5.19. The molecule has 0 bridgehead atoms. The first-order valence-electron chi connectivity index (χ1n) is 5.02. The van der Waals surface area contributed by atoms with Gasteiger partial charge >= 0.3 is 0 Å². The molecule has 4 nitrogen and oxygen atoms in total. The summed E-state index contributed by atoms with van der Waals surface area (Å²) in [6, 6.07) is 0. The highest BCUT2D eigenvalue weighted by atomic mass is 16.6. The highest BCUT2D eigenvalue weighted by Gasteiger charge is 2.10. The van der Waals surface area contributed by atoms with E-state index in [-0.39, 0.29) is 0 Å². The van der Waals surface area contributed by atoms with E-state index >= 15 is 0 Å². The van der Waals surface area contributed by atoms with Crippen molar-refractivity contribution in [3.05, 3.63) is 17.5 Å². The van der Waals surface area contributed by atoms with Crippen molar-refractivity contribution in [1.82, 2.24) is 15.3 Å². The maximum atomic E-state index is 5.09. The van der Waals surface area contributed by atoms with Crippen LogP contribution < -0.4 is 5.48 Å². The fourth-order valence-electron chi connectivity index (χ4n) is 1.41. The van der Waals surface area contributed by atoms with E-state index in [2.05, 4.69) is 24.4 Å². The molecule has 0 spiro atoms. The van der Waals surface area contributed by atoms with Crippen molar-refractivity contribution in [1.29, 1.82) is 0 Å². The third-order valence-corrected chi connectivity index (χ3v) is 1.99. The van der Waals surface area contributed by atoms with Crippen LogP contribution in [-0.4, -0.2) is 16.4 Å². The van der Waals surface area contributed by atoms with E-state index in [1.165, 1.54) is 5.56 Å². The number of hydroxylamine groups is 1. The molecule has 0 fully saturated rings. The average molecular weight is 197 g/mol. The Morgan fingerprint density at radius 1 is 1.57 bits per heavy atom. The van der Waals surface area contributed by atoms with Gasteiger partial charge in [-0.25, -0.2) is 0 Å². The molecule has 4 heteroatoms. The average Bonchev–Trinajstić information content (AvgIpc) is 2.47. The smallest absolute Gasteiger partial charge is 0.0695 e. The topological polar surface area (TPSA) is 39.1 Å². The van der Waals surface area contributed by atoms with Gasteiger partial charge in [-0.15, -0.1) is 0 Å². The molecule has 0 radical (unpaired) electrons. The fraction of sp³-hybridized carbons (Fsp3) is 0.700. The van der Waals surface area contributed by atoms with Crippen LogP contribution in [0.3, 0.4) is 0 Å². The standard InChI is InChI=1S/C10H19N3O/c1-5-14-11-6-9-7-13(4)12-10(9)8(2)3/h7-8,11H,5-6H2,1-4H3. The predicted octanol–water partition coefficient (Wildman–Crippen LogP) is 1.58. The van der Waals surface area contributed by atoms with E-state index in [1.54, 1.807) is 0 Å². The van der Waals surface area contributed by atoms with Gasteiger partial charge in [0.2, 0.25) is 0 Å². The summed E-state index contributed by atoms with van der Waals surface area (Å²) in [4.78, 5) is 5.09. The zero-order chi connectivity index (χ0) is 10.6. The number of hydrogen-bond donors (Lipinski definition) is 1. The molecule has 0 aliphatic rings. The van der Waals surface area contributed by atoms with Crippen molar-refractivity contribution >= 4 is 0 Å². The lowest BCUT2D eigenvalue weighted by Gasteiger charge is -2.05. The van der Waals surface area contributed by atoms with Crippen LogP contribution in [0.2, 0.25) is 0 Å². The quantitative estimate of drug-likeness (QED) is 0.575. The maximum Gasteiger partial charge on any atom is 0.0695 e. The number of aromatic nitrogens is 2. The van der Waals surface area contributed by atoms with Gasteiger partial charge in [0.25, 0.3) is 0 Å². The molecular weight excluding hydrogens is 178 g/mol. The zero-order valence-electron chi connectivity index (χ0n) is 9.37. The normalized spacial score (nSPS) is 11.2. The molecule has 0 saturated heterocycles. The minimum Gasteiger partial charge on any atom is -0.302 e. The Balaban J connectivity index is 2.64. The van der Waals surface area contributed by atoms with Crippen molar-refractivity contribution in [2.75, 3.05) is 6.61 Å². The Morgan fingerprint density at radius 2 is 2.29 bits per heavy atom. The number of hydrogen-bond acceptors (Lipinski definition) is 3. The van der Waals surface area contributed by atoms with Crippen LogP contribution in [0.25, 0.3) is 0 Å². The lowest BCUT2D eigenvalue weighted by Crippen LogP contribution is -2.14. The lowest BCUT2D eigenvalue weighted by molar-refractivity contribution is 0.0461. The molecule has 0 aliphatic heterocycles. The molecule has 1 rings (SSSR count). The van der Waals surface area contributed by atoms with Crippen LogP contribution in [-0.2, 0) is 18.4 Å². The number of nitrogens with zero attached hydrogens (tertiary/aromatic N) is 2. The van der Waals surface area contributed by atoms with Crippen LogP contribution >= 0.6 is 0 Å². The zero-order valence-corrected chi connectivity index (χ0v) is 9.37. The fourth-order valence-corrected chi connectivity index (χ4v) is 1.41. The maximum absolute atomic E-state index is 5.09. The van der Waals surface area contributed by atoms with E-state index in [9.17, 15) is 0 Å². The van der Waals surface area contributed by atoms with Gasteiger partial charge in [0, 0.05) is 25.4 Å². The Labute approximate surface area is 85.2 Å². The van der Waals surface area contributed by atoms with Crippen LogP contribution in [0.1, 0.15) is 37.9 Å². The van der Waals surface area contributed by atoms with Crippen molar-refractivity contribution < 1.29 is 4.84 Å². The van der Waals surface area contributed by atoms with Crippen LogP contribution in [0, 0.1) is 0 Å². The number of aryl methyl sites for hydroxylation is 1. The second-order valence-corrected chi connectivity index (χ2v) is 3.62. The molecule has 0 aliphatic carbocycles. The Kier molecular flexibility index (Phi) is 4.10. The molecule has 14 heavy (non-hydrogen) atoms. The van der Waals surface area contributed by atoms with E-state index in [0.717, 1.165) is 12.2 Å². The lowest BCUT2D eigenvalue weighted by atomic mass is 10.1. The summed E-state index contributed by atoms with van der Waals surface area (Å²) in [5, 5.41) is 4.41. The van der Waals surface area contributed by atoms with E-state index in [4.69, 9.17) is 4.84 Å². The molecule has 80 valence electrons. The third-order valence-electron chi connectivity index (χ3n) is 1.99. The molecule has 0 amide bonds. The van der Waals surface area contributed by atoms with Crippen molar-refractivity contribution in [3.63, 3.8) is 0 Å². The summed E-state index contributed by atoms with van der Waals surface area (Å²) in [5.74, 6) is 0.453. The minimum absolute atomic E-state index is 0.453. The molecule has 0 saturated carbocycles.